The van der Waals surface area contributed by atoms with Crippen LogP contribution in [-0.4, -0.2) is 10.9 Å². The van der Waals surface area contributed by atoms with Crippen LogP contribution < -0.4 is 5.06 Å². The number of halogens is 6. The second-order valence-electron chi connectivity index (χ2n) is 5.63. The quantitative estimate of drug-likeness (QED) is 0.579. The summed E-state index contributed by atoms with van der Waals surface area (Å²) in [5, 5.41) is 1.33. The third-order valence-corrected chi connectivity index (χ3v) is 4.64. The summed E-state index contributed by atoms with van der Waals surface area (Å²) in [6.07, 6.45) is -4.48. The van der Waals surface area contributed by atoms with Gasteiger partial charge < -0.3 is 0 Å². The summed E-state index contributed by atoms with van der Waals surface area (Å²) in [5.74, 6) is 0. The Morgan fingerprint density at radius 3 is 2.04 bits per heavy atom. The summed E-state index contributed by atoms with van der Waals surface area (Å²) in [5.41, 5.74) is -5.48. The second-order valence-corrected chi connectivity index (χ2v) is 6.86. The highest BCUT2D eigenvalue weighted by Crippen LogP contribution is 2.46. The van der Waals surface area contributed by atoms with E-state index >= 15 is 0 Å². The van der Waals surface area contributed by atoms with E-state index in [9.17, 15) is 26.3 Å². The zero-order valence-corrected chi connectivity index (χ0v) is 13.9. The fraction of sp³-hybridized carbons (Fsp3) is 0.294. The van der Waals surface area contributed by atoms with E-state index in [4.69, 9.17) is 4.84 Å². The average Bonchev–Trinajstić information content (AvgIpc) is 2.97. The van der Waals surface area contributed by atoms with Crippen LogP contribution in [0.3, 0.4) is 0 Å². The molecule has 2 unspecified atom stereocenters. The van der Waals surface area contributed by atoms with Crippen molar-refractivity contribution < 1.29 is 31.2 Å². The maximum atomic E-state index is 12.7. The van der Waals surface area contributed by atoms with Crippen molar-refractivity contribution in [3.63, 3.8) is 0 Å². The normalized spacial score (nSPS) is 21.2. The Bertz CT molecular complexity index is 732. The Hall–Kier alpha value is -1.87. The van der Waals surface area contributed by atoms with Gasteiger partial charge >= 0.3 is 11.7 Å². The number of alkyl halides is 6. The summed E-state index contributed by atoms with van der Waals surface area (Å²) in [7, 11) is 0. The molecule has 1 heterocycles. The molecule has 0 spiro atoms. The van der Waals surface area contributed by atoms with Gasteiger partial charge in [-0.2, -0.15) is 26.3 Å². The molecular weight excluding hydrogens is 380 g/mol. The Kier molecular flexibility index (Phi) is 5.12. The molecule has 0 bridgehead atoms. The minimum absolute atomic E-state index is 0.00949. The molecule has 0 radical (unpaired) electrons. The van der Waals surface area contributed by atoms with Gasteiger partial charge in [-0.05, 0) is 41.6 Å². The van der Waals surface area contributed by atoms with Gasteiger partial charge in [0, 0.05) is 6.42 Å². The molecule has 2 nitrogen and oxygen atoms in total. The molecule has 140 valence electrons. The van der Waals surface area contributed by atoms with Gasteiger partial charge in [0.05, 0.1) is 17.3 Å². The molecule has 0 N–H and O–H groups in total. The third-order valence-electron chi connectivity index (χ3n) is 3.83. The van der Waals surface area contributed by atoms with Gasteiger partial charge in [-0.1, -0.05) is 30.3 Å². The molecule has 1 aliphatic heterocycles. The van der Waals surface area contributed by atoms with E-state index in [1.807, 2.05) is 0 Å². The van der Waals surface area contributed by atoms with Crippen molar-refractivity contribution in [1.82, 2.24) is 0 Å². The third kappa shape index (κ3) is 4.45. The predicted molar refractivity (Wildman–Crippen MR) is 86.2 cm³/mol. The number of para-hydroxylation sites is 1. The molecule has 26 heavy (non-hydrogen) atoms. The number of nitrogens with zero attached hydrogens (tertiary/aromatic N) is 1. The van der Waals surface area contributed by atoms with Crippen LogP contribution in [0.4, 0.5) is 32.0 Å². The van der Waals surface area contributed by atoms with Crippen LogP contribution in [0.2, 0.25) is 0 Å². The Balaban J connectivity index is 1.88. The number of anilines is 1. The number of thioether (sulfide) groups is 1. The Labute approximate surface area is 149 Å². The molecule has 0 amide bonds. The number of hydrogen-bond donors (Lipinski definition) is 0. The van der Waals surface area contributed by atoms with Crippen molar-refractivity contribution in [2.45, 2.75) is 29.6 Å². The SMILES string of the molecule is FC(F)(F)SC1CC(c2ccc(C(F)(F)F)cc2)N(c2ccccc2)O1. The molecule has 9 heteroatoms. The van der Waals surface area contributed by atoms with Crippen molar-refractivity contribution in [2.24, 2.45) is 0 Å². The van der Waals surface area contributed by atoms with E-state index in [1.54, 1.807) is 30.3 Å². The smallest absolute Gasteiger partial charge is 0.258 e. The zero-order chi connectivity index (χ0) is 18.9. The lowest BCUT2D eigenvalue weighted by molar-refractivity contribution is -0.137. The zero-order valence-electron chi connectivity index (χ0n) is 13.1. The topological polar surface area (TPSA) is 12.5 Å². The lowest BCUT2D eigenvalue weighted by Gasteiger charge is -2.25. The lowest BCUT2D eigenvalue weighted by atomic mass is 10.0. The molecule has 2 atom stereocenters. The molecular formula is C17H13F6NOS. The highest BCUT2D eigenvalue weighted by atomic mass is 32.2. The van der Waals surface area contributed by atoms with Gasteiger partial charge in [-0.25, -0.2) is 5.06 Å². The largest absolute Gasteiger partial charge is 0.444 e. The van der Waals surface area contributed by atoms with Crippen molar-refractivity contribution in [3.05, 3.63) is 65.7 Å². The maximum absolute atomic E-state index is 12.7. The predicted octanol–water partition coefficient (Wildman–Crippen LogP) is 6.17. The molecule has 2 aromatic rings. The molecule has 1 saturated heterocycles. The summed E-state index contributed by atoms with van der Waals surface area (Å²) in [4.78, 5) is 5.44. The van der Waals surface area contributed by atoms with Crippen LogP contribution in [0.15, 0.2) is 54.6 Å². The molecule has 1 aliphatic rings. The molecule has 3 rings (SSSR count). The van der Waals surface area contributed by atoms with Crippen LogP contribution in [0.5, 0.6) is 0 Å². The fourth-order valence-electron chi connectivity index (χ4n) is 2.72. The standard InChI is InChI=1S/C17H13F6NOS/c18-16(19,20)12-8-6-11(7-9-12)14-10-15(26-17(21,22)23)25-24(14)13-4-2-1-3-5-13/h1-9,14-15H,10H2. The van der Waals surface area contributed by atoms with E-state index in [-0.39, 0.29) is 18.2 Å². The monoisotopic (exact) mass is 393 g/mol. The van der Waals surface area contributed by atoms with E-state index in [2.05, 4.69) is 0 Å². The number of benzene rings is 2. The summed E-state index contributed by atoms with van der Waals surface area (Å²) < 4.78 is 76.2. The summed E-state index contributed by atoms with van der Waals surface area (Å²) >= 11 is -0.275. The van der Waals surface area contributed by atoms with E-state index in [0.29, 0.717) is 11.3 Å². The minimum atomic E-state index is -4.47. The summed E-state index contributed by atoms with van der Waals surface area (Å²) in [6, 6.07) is 12.2. The van der Waals surface area contributed by atoms with E-state index in [1.165, 1.54) is 17.2 Å². The highest BCUT2D eigenvalue weighted by Gasteiger charge is 2.42. The minimum Gasteiger partial charge on any atom is -0.258 e. The van der Waals surface area contributed by atoms with Gasteiger partial charge in [0.15, 0.2) is 0 Å². The molecule has 0 aliphatic carbocycles. The van der Waals surface area contributed by atoms with E-state index < -0.39 is 28.7 Å². The van der Waals surface area contributed by atoms with Crippen LogP contribution >= 0.6 is 11.8 Å². The second kappa shape index (κ2) is 7.03. The molecule has 0 aromatic heterocycles. The number of hydroxylamine groups is 1. The lowest BCUT2D eigenvalue weighted by Crippen LogP contribution is -2.22. The van der Waals surface area contributed by atoms with Crippen molar-refractivity contribution in [2.75, 3.05) is 5.06 Å². The first-order valence-electron chi connectivity index (χ1n) is 7.56. The van der Waals surface area contributed by atoms with Gasteiger partial charge in [0.2, 0.25) is 0 Å². The first kappa shape index (κ1) is 18.9. The average molecular weight is 393 g/mol. The fourth-order valence-corrected chi connectivity index (χ4v) is 3.43. The van der Waals surface area contributed by atoms with Crippen LogP contribution in [0, 0.1) is 0 Å². The van der Waals surface area contributed by atoms with Crippen LogP contribution in [0.1, 0.15) is 23.6 Å². The van der Waals surface area contributed by atoms with Gasteiger partial charge in [0.1, 0.15) is 5.44 Å². The van der Waals surface area contributed by atoms with Gasteiger partial charge in [0.25, 0.3) is 0 Å². The van der Waals surface area contributed by atoms with Crippen LogP contribution in [-0.2, 0) is 11.0 Å². The number of rotatable bonds is 3. The van der Waals surface area contributed by atoms with Gasteiger partial charge in [-0.3, -0.25) is 4.84 Å². The van der Waals surface area contributed by atoms with Crippen molar-refractivity contribution in [3.8, 4) is 0 Å². The summed E-state index contributed by atoms with van der Waals surface area (Å²) in [6.45, 7) is 0. The molecule has 1 fully saturated rings. The van der Waals surface area contributed by atoms with Crippen molar-refractivity contribution in [1.29, 1.82) is 0 Å². The molecule has 0 saturated carbocycles. The molecule has 2 aromatic carbocycles. The first-order chi connectivity index (χ1) is 12.1. The van der Waals surface area contributed by atoms with Gasteiger partial charge in [-0.15, -0.1) is 0 Å². The van der Waals surface area contributed by atoms with Crippen LogP contribution in [0.25, 0.3) is 0 Å². The van der Waals surface area contributed by atoms with Crippen molar-refractivity contribution >= 4 is 17.4 Å². The maximum Gasteiger partial charge on any atom is 0.444 e. The first-order valence-corrected chi connectivity index (χ1v) is 8.44. The highest BCUT2D eigenvalue weighted by molar-refractivity contribution is 8.00. The Morgan fingerprint density at radius 2 is 1.50 bits per heavy atom. The Morgan fingerprint density at radius 1 is 0.885 bits per heavy atom. The van der Waals surface area contributed by atoms with E-state index in [0.717, 1.165) is 12.1 Å². The number of hydrogen-bond acceptors (Lipinski definition) is 3.